The van der Waals surface area contributed by atoms with Crippen LogP contribution < -0.4 is 10.9 Å². The van der Waals surface area contributed by atoms with E-state index in [1.807, 2.05) is 18.2 Å². The number of hydrogen-bond donors (Lipinski definition) is 2. The zero-order valence-corrected chi connectivity index (χ0v) is 10.3. The van der Waals surface area contributed by atoms with Crippen molar-refractivity contribution in [1.29, 1.82) is 0 Å². The number of H-pyrrole nitrogens is 1. The van der Waals surface area contributed by atoms with E-state index < -0.39 is 5.91 Å². The second-order valence-corrected chi connectivity index (χ2v) is 4.16. The molecule has 3 aromatic rings. The first kappa shape index (κ1) is 12.0. The Kier molecular flexibility index (Phi) is 2.96. The molecule has 0 aliphatic rings. The van der Waals surface area contributed by atoms with E-state index in [4.69, 9.17) is 0 Å². The van der Waals surface area contributed by atoms with Gasteiger partial charge in [0, 0.05) is 23.8 Å². The summed E-state index contributed by atoms with van der Waals surface area (Å²) in [6, 6.07) is 10.1. The van der Waals surface area contributed by atoms with Crippen molar-refractivity contribution >= 4 is 22.4 Å². The quantitative estimate of drug-likeness (QED) is 0.737. The highest BCUT2D eigenvalue weighted by molar-refractivity contribution is 6.07. The van der Waals surface area contributed by atoms with Crippen molar-refractivity contribution in [3.63, 3.8) is 0 Å². The molecule has 98 valence electrons. The zero-order chi connectivity index (χ0) is 13.9. The highest BCUT2D eigenvalue weighted by atomic mass is 16.2. The standard InChI is InChI=1S/C14H10N4O2/c19-13-5-4-12(17-18-13)14(20)16-11-3-1-2-9-6-7-15-8-10(9)11/h1-8H,(H,16,20)(H,18,19). The van der Waals surface area contributed by atoms with E-state index in [0.717, 1.165) is 10.8 Å². The monoisotopic (exact) mass is 266 g/mol. The van der Waals surface area contributed by atoms with E-state index in [9.17, 15) is 9.59 Å². The van der Waals surface area contributed by atoms with Crippen LogP contribution in [-0.4, -0.2) is 21.1 Å². The number of nitrogens with one attached hydrogen (secondary N) is 2. The Labute approximate surface area is 113 Å². The summed E-state index contributed by atoms with van der Waals surface area (Å²) in [6.07, 6.45) is 3.38. The van der Waals surface area contributed by atoms with Crippen LogP contribution in [0.1, 0.15) is 10.5 Å². The van der Waals surface area contributed by atoms with E-state index in [1.54, 1.807) is 18.5 Å². The molecule has 0 aliphatic carbocycles. The molecule has 0 spiro atoms. The number of carbonyl (C=O) groups is 1. The molecule has 3 rings (SSSR count). The summed E-state index contributed by atoms with van der Waals surface area (Å²) in [5.74, 6) is -0.391. The van der Waals surface area contributed by atoms with Crippen LogP contribution in [0.3, 0.4) is 0 Å². The molecule has 2 heterocycles. The third kappa shape index (κ3) is 2.26. The average molecular weight is 266 g/mol. The molecule has 20 heavy (non-hydrogen) atoms. The van der Waals surface area contributed by atoms with Crippen LogP contribution in [0.2, 0.25) is 0 Å². The summed E-state index contributed by atoms with van der Waals surface area (Å²) in [4.78, 5) is 27.0. The first-order valence-electron chi connectivity index (χ1n) is 5.94. The van der Waals surface area contributed by atoms with Gasteiger partial charge in [-0.05, 0) is 23.6 Å². The number of rotatable bonds is 2. The number of fused-ring (bicyclic) bond motifs is 1. The molecule has 0 fully saturated rings. The minimum atomic E-state index is -0.391. The SMILES string of the molecule is O=C(Nc1cccc2ccncc12)c1ccc(=O)[nH]n1. The Morgan fingerprint density at radius 2 is 2.05 bits per heavy atom. The lowest BCUT2D eigenvalue weighted by atomic mass is 10.1. The van der Waals surface area contributed by atoms with Gasteiger partial charge < -0.3 is 5.32 Å². The Hall–Kier alpha value is -3.02. The van der Waals surface area contributed by atoms with Gasteiger partial charge in [-0.15, -0.1) is 0 Å². The second-order valence-electron chi connectivity index (χ2n) is 4.16. The summed E-state index contributed by atoms with van der Waals surface area (Å²) >= 11 is 0. The van der Waals surface area contributed by atoms with Crippen LogP contribution in [0.25, 0.3) is 10.8 Å². The molecule has 0 radical (unpaired) electrons. The van der Waals surface area contributed by atoms with Crippen LogP contribution in [0, 0.1) is 0 Å². The van der Waals surface area contributed by atoms with Gasteiger partial charge in [-0.25, -0.2) is 5.10 Å². The largest absolute Gasteiger partial charge is 0.320 e. The van der Waals surface area contributed by atoms with Crippen LogP contribution in [-0.2, 0) is 0 Å². The van der Waals surface area contributed by atoms with E-state index in [0.29, 0.717) is 5.69 Å². The fraction of sp³-hybridized carbons (Fsp3) is 0. The Balaban J connectivity index is 1.95. The first-order valence-corrected chi connectivity index (χ1v) is 5.94. The van der Waals surface area contributed by atoms with Crippen molar-refractivity contribution in [2.24, 2.45) is 0 Å². The minimum Gasteiger partial charge on any atom is -0.320 e. The van der Waals surface area contributed by atoms with Gasteiger partial charge in [-0.3, -0.25) is 14.6 Å². The predicted molar refractivity (Wildman–Crippen MR) is 74.6 cm³/mol. The number of aromatic amines is 1. The summed E-state index contributed by atoms with van der Waals surface area (Å²) in [6.45, 7) is 0. The Bertz CT molecular complexity index is 816. The van der Waals surface area contributed by atoms with Gasteiger partial charge in [0.1, 0.15) is 5.69 Å². The fourth-order valence-electron chi connectivity index (χ4n) is 1.88. The molecule has 0 saturated carbocycles. The lowest BCUT2D eigenvalue weighted by molar-refractivity contribution is 0.102. The molecule has 0 aliphatic heterocycles. The van der Waals surface area contributed by atoms with Crippen molar-refractivity contribution in [2.75, 3.05) is 5.32 Å². The van der Waals surface area contributed by atoms with Crippen LogP contribution in [0.15, 0.2) is 53.6 Å². The molecule has 0 unspecified atom stereocenters. The van der Waals surface area contributed by atoms with Gasteiger partial charge in [0.25, 0.3) is 11.5 Å². The third-order valence-electron chi connectivity index (χ3n) is 2.84. The number of hydrogen-bond acceptors (Lipinski definition) is 4. The topological polar surface area (TPSA) is 87.7 Å². The smallest absolute Gasteiger partial charge is 0.276 e. The predicted octanol–water partition coefficient (Wildman–Crippen LogP) is 1.57. The molecule has 6 nitrogen and oxygen atoms in total. The van der Waals surface area contributed by atoms with Gasteiger partial charge in [-0.1, -0.05) is 12.1 Å². The van der Waals surface area contributed by atoms with Crippen LogP contribution >= 0.6 is 0 Å². The maximum Gasteiger partial charge on any atom is 0.276 e. The summed E-state index contributed by atoms with van der Waals surface area (Å²) in [5.41, 5.74) is 0.440. The number of anilines is 1. The van der Waals surface area contributed by atoms with Gasteiger partial charge in [-0.2, -0.15) is 5.10 Å². The number of nitrogens with zero attached hydrogens (tertiary/aromatic N) is 2. The zero-order valence-electron chi connectivity index (χ0n) is 10.3. The van der Waals surface area contributed by atoms with Gasteiger partial charge in [0.05, 0.1) is 5.69 Å². The number of aromatic nitrogens is 3. The second kappa shape index (κ2) is 4.93. The molecule has 2 N–H and O–H groups in total. The summed E-state index contributed by atoms with van der Waals surface area (Å²) in [5, 5.41) is 10.5. The molecular formula is C14H10N4O2. The number of amides is 1. The number of benzene rings is 1. The molecule has 0 atom stereocenters. The molecule has 6 heteroatoms. The van der Waals surface area contributed by atoms with Gasteiger partial charge in [0.2, 0.25) is 0 Å². The lowest BCUT2D eigenvalue weighted by Crippen LogP contribution is -2.17. The van der Waals surface area contributed by atoms with Gasteiger partial charge >= 0.3 is 0 Å². The molecule has 1 aromatic carbocycles. The normalized spacial score (nSPS) is 10.4. The maximum atomic E-state index is 12.1. The van der Waals surface area contributed by atoms with E-state index in [-0.39, 0.29) is 11.3 Å². The minimum absolute atomic E-state index is 0.144. The first-order chi connectivity index (χ1) is 9.74. The van der Waals surface area contributed by atoms with Crippen molar-refractivity contribution in [1.82, 2.24) is 15.2 Å². The van der Waals surface area contributed by atoms with E-state index in [2.05, 4.69) is 20.5 Å². The molecule has 2 aromatic heterocycles. The average Bonchev–Trinajstić information content (AvgIpc) is 2.48. The summed E-state index contributed by atoms with van der Waals surface area (Å²) in [7, 11) is 0. The van der Waals surface area contributed by atoms with Crippen molar-refractivity contribution in [3.05, 3.63) is 64.8 Å². The lowest BCUT2D eigenvalue weighted by Gasteiger charge is -2.07. The molecular weight excluding hydrogens is 256 g/mol. The van der Waals surface area contributed by atoms with Crippen LogP contribution in [0.5, 0.6) is 0 Å². The van der Waals surface area contributed by atoms with E-state index in [1.165, 1.54) is 12.1 Å². The maximum absolute atomic E-state index is 12.1. The third-order valence-corrected chi connectivity index (χ3v) is 2.84. The molecule has 0 saturated heterocycles. The number of carbonyl (C=O) groups excluding carboxylic acids is 1. The Morgan fingerprint density at radius 1 is 1.15 bits per heavy atom. The highest BCUT2D eigenvalue weighted by Gasteiger charge is 2.09. The number of pyridine rings is 1. The van der Waals surface area contributed by atoms with Crippen molar-refractivity contribution in [3.8, 4) is 0 Å². The van der Waals surface area contributed by atoms with Crippen molar-refractivity contribution in [2.45, 2.75) is 0 Å². The molecule has 1 amide bonds. The Morgan fingerprint density at radius 3 is 2.85 bits per heavy atom. The fourth-order valence-corrected chi connectivity index (χ4v) is 1.88. The van der Waals surface area contributed by atoms with E-state index >= 15 is 0 Å². The van der Waals surface area contributed by atoms with Crippen molar-refractivity contribution < 1.29 is 4.79 Å². The van der Waals surface area contributed by atoms with Crippen LogP contribution in [0.4, 0.5) is 5.69 Å². The summed E-state index contributed by atoms with van der Waals surface area (Å²) < 4.78 is 0. The van der Waals surface area contributed by atoms with Gasteiger partial charge in [0.15, 0.2) is 0 Å². The highest BCUT2D eigenvalue weighted by Crippen LogP contribution is 2.22. The molecule has 0 bridgehead atoms.